The molecule has 0 radical (unpaired) electrons. The molecule has 2 aromatic carbocycles. The lowest BCUT2D eigenvalue weighted by Crippen LogP contribution is -2.24. The summed E-state index contributed by atoms with van der Waals surface area (Å²) in [5, 5.41) is 4.56. The molecular weight excluding hydrogens is 461 g/mol. The van der Waals surface area contributed by atoms with E-state index in [-0.39, 0.29) is 22.5 Å². The van der Waals surface area contributed by atoms with Gasteiger partial charge in [0.15, 0.2) is 0 Å². The van der Waals surface area contributed by atoms with Crippen LogP contribution in [0.15, 0.2) is 47.4 Å². The molecule has 0 saturated heterocycles. The SMILES string of the molecule is CC(Sc1ccc(NC(=O)C2CCCCC2)cc1)C(=O)Nc1ccc(Cl)cc1C(F)(F)F. The molecule has 0 aromatic heterocycles. The maximum Gasteiger partial charge on any atom is 0.418 e. The quantitative estimate of drug-likeness (QED) is 0.434. The van der Waals surface area contributed by atoms with Crippen LogP contribution in [0, 0.1) is 5.92 Å². The van der Waals surface area contributed by atoms with Crippen LogP contribution in [0.3, 0.4) is 0 Å². The summed E-state index contributed by atoms with van der Waals surface area (Å²) in [4.78, 5) is 25.6. The molecule has 2 N–H and O–H groups in total. The van der Waals surface area contributed by atoms with Crippen LogP contribution in [-0.2, 0) is 15.8 Å². The lowest BCUT2D eigenvalue weighted by Gasteiger charge is -2.20. The van der Waals surface area contributed by atoms with Crippen molar-refractivity contribution in [3.05, 3.63) is 53.1 Å². The third-order valence-corrected chi connectivity index (χ3v) is 6.67. The molecule has 0 aliphatic heterocycles. The molecule has 9 heteroatoms. The first kappa shape index (κ1) is 24.5. The van der Waals surface area contributed by atoms with Gasteiger partial charge >= 0.3 is 6.18 Å². The summed E-state index contributed by atoms with van der Waals surface area (Å²) in [6.07, 6.45) is 0.521. The summed E-state index contributed by atoms with van der Waals surface area (Å²) in [6, 6.07) is 10.3. The number of amides is 2. The van der Waals surface area contributed by atoms with Crippen molar-refractivity contribution in [2.45, 2.75) is 55.3 Å². The van der Waals surface area contributed by atoms with E-state index in [0.717, 1.165) is 42.7 Å². The summed E-state index contributed by atoms with van der Waals surface area (Å²) in [5.74, 6) is -0.477. The minimum absolute atomic E-state index is 0.0290. The Kier molecular flexibility index (Phi) is 8.11. The van der Waals surface area contributed by atoms with Gasteiger partial charge in [0, 0.05) is 21.5 Å². The number of benzene rings is 2. The first-order chi connectivity index (χ1) is 15.1. The van der Waals surface area contributed by atoms with Crippen molar-refractivity contribution in [3.8, 4) is 0 Å². The van der Waals surface area contributed by atoms with Crippen LogP contribution < -0.4 is 10.6 Å². The van der Waals surface area contributed by atoms with Crippen LogP contribution >= 0.6 is 23.4 Å². The second-order valence-electron chi connectivity index (χ2n) is 7.79. The lowest BCUT2D eigenvalue weighted by molar-refractivity contribution is -0.137. The van der Waals surface area contributed by atoms with Gasteiger partial charge in [-0.15, -0.1) is 11.8 Å². The highest BCUT2D eigenvalue weighted by Crippen LogP contribution is 2.37. The Morgan fingerprint density at radius 3 is 2.31 bits per heavy atom. The monoisotopic (exact) mass is 484 g/mol. The lowest BCUT2D eigenvalue weighted by atomic mass is 9.88. The van der Waals surface area contributed by atoms with Gasteiger partial charge in [0.1, 0.15) is 0 Å². The van der Waals surface area contributed by atoms with Crippen molar-refractivity contribution in [2.24, 2.45) is 5.92 Å². The van der Waals surface area contributed by atoms with Gasteiger partial charge in [-0.25, -0.2) is 0 Å². The molecule has 1 saturated carbocycles. The second-order valence-corrected chi connectivity index (χ2v) is 9.64. The topological polar surface area (TPSA) is 58.2 Å². The van der Waals surface area contributed by atoms with E-state index in [1.807, 2.05) is 0 Å². The molecule has 2 aromatic rings. The number of hydrogen-bond donors (Lipinski definition) is 2. The number of hydrogen-bond acceptors (Lipinski definition) is 3. The van der Waals surface area contributed by atoms with Crippen LogP contribution in [0.25, 0.3) is 0 Å². The van der Waals surface area contributed by atoms with E-state index in [0.29, 0.717) is 5.69 Å². The zero-order valence-electron chi connectivity index (χ0n) is 17.5. The van der Waals surface area contributed by atoms with Crippen molar-refractivity contribution in [1.29, 1.82) is 0 Å². The molecule has 1 aliphatic carbocycles. The molecule has 0 bridgehead atoms. The van der Waals surface area contributed by atoms with Gasteiger partial charge < -0.3 is 10.6 Å². The fourth-order valence-corrected chi connectivity index (χ4v) is 4.62. The predicted octanol–water partition coefficient (Wildman–Crippen LogP) is 7.00. The average molecular weight is 485 g/mol. The zero-order valence-corrected chi connectivity index (χ0v) is 19.0. The molecular formula is C23H24ClF3N2O2S. The Morgan fingerprint density at radius 2 is 1.69 bits per heavy atom. The average Bonchev–Trinajstić information content (AvgIpc) is 2.76. The number of halogens is 4. The second kappa shape index (κ2) is 10.6. The smallest absolute Gasteiger partial charge is 0.326 e. The maximum absolute atomic E-state index is 13.2. The highest BCUT2D eigenvalue weighted by molar-refractivity contribution is 8.00. The van der Waals surface area contributed by atoms with Gasteiger partial charge in [0.2, 0.25) is 11.8 Å². The molecule has 1 unspecified atom stereocenters. The van der Waals surface area contributed by atoms with Gasteiger partial charge in [0.05, 0.1) is 16.5 Å². The van der Waals surface area contributed by atoms with E-state index in [4.69, 9.17) is 11.6 Å². The minimum atomic E-state index is -4.64. The largest absolute Gasteiger partial charge is 0.418 e. The van der Waals surface area contributed by atoms with Gasteiger partial charge in [0.25, 0.3) is 0 Å². The van der Waals surface area contributed by atoms with Gasteiger partial charge in [-0.2, -0.15) is 13.2 Å². The standard InChI is InChI=1S/C23H24ClF3N2O2S/c1-14(21(30)29-20-12-7-16(24)13-19(20)23(25,26)27)32-18-10-8-17(9-11-18)28-22(31)15-5-3-2-4-6-15/h7-15H,2-6H2,1H3,(H,28,31)(H,29,30). The van der Waals surface area contributed by atoms with E-state index in [2.05, 4.69) is 10.6 Å². The Hall–Kier alpha value is -2.19. The molecule has 1 fully saturated rings. The molecule has 0 spiro atoms. The molecule has 172 valence electrons. The van der Waals surface area contributed by atoms with Crippen LogP contribution in [0.2, 0.25) is 5.02 Å². The van der Waals surface area contributed by atoms with Crippen LogP contribution in [0.5, 0.6) is 0 Å². The summed E-state index contributed by atoms with van der Waals surface area (Å²) < 4.78 is 39.7. The van der Waals surface area contributed by atoms with Gasteiger partial charge in [-0.1, -0.05) is 30.9 Å². The number of nitrogens with one attached hydrogen (secondary N) is 2. The molecule has 1 aliphatic rings. The number of carbonyl (C=O) groups excluding carboxylic acids is 2. The van der Waals surface area contributed by atoms with Crippen molar-refractivity contribution < 1.29 is 22.8 Å². The predicted molar refractivity (Wildman–Crippen MR) is 122 cm³/mol. The normalized spacial score (nSPS) is 15.8. The van der Waals surface area contributed by atoms with Gasteiger partial charge in [-0.3, -0.25) is 9.59 Å². The minimum Gasteiger partial charge on any atom is -0.326 e. The van der Waals surface area contributed by atoms with Crippen LogP contribution in [0.4, 0.5) is 24.5 Å². The van der Waals surface area contributed by atoms with Crippen LogP contribution in [0.1, 0.15) is 44.6 Å². The first-order valence-electron chi connectivity index (χ1n) is 10.4. The van der Waals surface area contributed by atoms with Crippen molar-refractivity contribution in [1.82, 2.24) is 0 Å². The van der Waals surface area contributed by atoms with E-state index >= 15 is 0 Å². The third kappa shape index (κ3) is 6.65. The summed E-state index contributed by atoms with van der Waals surface area (Å²) in [5.41, 5.74) is -0.647. The maximum atomic E-state index is 13.2. The van der Waals surface area contributed by atoms with Crippen molar-refractivity contribution in [3.63, 3.8) is 0 Å². The Morgan fingerprint density at radius 1 is 1.03 bits per heavy atom. The zero-order chi connectivity index (χ0) is 23.3. The number of rotatable bonds is 6. The van der Waals surface area contributed by atoms with E-state index in [1.165, 1.54) is 24.2 Å². The molecule has 3 rings (SSSR count). The fourth-order valence-electron chi connectivity index (χ4n) is 3.58. The highest BCUT2D eigenvalue weighted by atomic mass is 35.5. The fraction of sp³-hybridized carbons (Fsp3) is 0.391. The first-order valence-corrected chi connectivity index (χ1v) is 11.6. The van der Waals surface area contributed by atoms with Crippen LogP contribution in [-0.4, -0.2) is 17.1 Å². The Balaban J connectivity index is 1.58. The molecule has 1 atom stereocenters. The molecule has 2 amide bonds. The van der Waals surface area contributed by atoms with Crippen molar-refractivity contribution in [2.75, 3.05) is 10.6 Å². The summed E-state index contributed by atoms with van der Waals surface area (Å²) in [6.45, 7) is 1.61. The number of carbonyl (C=O) groups is 2. The van der Waals surface area contributed by atoms with E-state index < -0.39 is 22.9 Å². The summed E-state index contributed by atoms with van der Waals surface area (Å²) in [7, 11) is 0. The van der Waals surface area contributed by atoms with Crippen molar-refractivity contribution >= 4 is 46.6 Å². The third-order valence-electron chi connectivity index (χ3n) is 5.32. The van der Waals surface area contributed by atoms with Gasteiger partial charge in [-0.05, 0) is 62.2 Å². The number of alkyl halides is 3. The summed E-state index contributed by atoms with van der Waals surface area (Å²) >= 11 is 6.89. The van der Waals surface area contributed by atoms with E-state index in [1.54, 1.807) is 31.2 Å². The van der Waals surface area contributed by atoms with E-state index in [9.17, 15) is 22.8 Å². The molecule has 4 nitrogen and oxygen atoms in total. The highest BCUT2D eigenvalue weighted by Gasteiger charge is 2.34. The Labute approximate surface area is 194 Å². The Bertz CT molecular complexity index is 961. The number of anilines is 2. The molecule has 32 heavy (non-hydrogen) atoms. The number of thioether (sulfide) groups is 1. The molecule has 0 heterocycles.